The van der Waals surface area contributed by atoms with Gasteiger partial charge >= 0.3 is 0 Å². The summed E-state index contributed by atoms with van der Waals surface area (Å²) in [6, 6.07) is 14.1. The topological polar surface area (TPSA) is 61.4 Å². The number of benzene rings is 2. The lowest BCUT2D eigenvalue weighted by Gasteiger charge is -2.13. The Morgan fingerprint density at radius 2 is 1.90 bits per heavy atom. The molecule has 0 aliphatic rings. The number of aliphatic hydroxyl groups excluding tert-OH is 1. The summed E-state index contributed by atoms with van der Waals surface area (Å²) in [7, 11) is 0. The van der Waals surface area contributed by atoms with E-state index in [0.29, 0.717) is 19.6 Å². The fraction of sp³-hybridized carbons (Fsp3) is 0.312. The van der Waals surface area contributed by atoms with Crippen LogP contribution in [0.3, 0.4) is 0 Å². The van der Waals surface area contributed by atoms with E-state index in [9.17, 15) is 9.90 Å². The molecule has 1 unspecified atom stereocenters. The highest BCUT2D eigenvalue weighted by Gasteiger charge is 2.07. The summed E-state index contributed by atoms with van der Waals surface area (Å²) >= 11 is 0. The summed E-state index contributed by atoms with van der Waals surface area (Å²) < 4.78 is 0. The van der Waals surface area contributed by atoms with Crippen LogP contribution in [-0.2, 0) is 4.79 Å². The van der Waals surface area contributed by atoms with Crippen LogP contribution < -0.4 is 10.6 Å². The van der Waals surface area contributed by atoms with Crippen molar-refractivity contribution in [3.8, 4) is 0 Å². The number of hydrogen-bond acceptors (Lipinski definition) is 3. The molecule has 1 amide bonds. The van der Waals surface area contributed by atoms with E-state index in [1.165, 1.54) is 12.3 Å². The molecule has 0 spiro atoms. The van der Waals surface area contributed by atoms with Crippen molar-refractivity contribution in [2.45, 2.75) is 13.0 Å². The Morgan fingerprint density at radius 3 is 2.65 bits per heavy atom. The number of carbonyl (C=O) groups excluding carboxylic acids is 1. The van der Waals surface area contributed by atoms with Crippen LogP contribution >= 0.6 is 0 Å². The highest BCUT2D eigenvalue weighted by atomic mass is 16.3. The standard InChI is InChI=1S/C16H20N2O2/c1-12(19)18-9-8-17-11-16(20)15-7-6-13-4-2-3-5-14(13)10-15/h2-7,10,16-17,20H,8-9,11H2,1H3,(H,18,19). The van der Waals surface area contributed by atoms with Gasteiger partial charge in [0.2, 0.25) is 5.91 Å². The zero-order valence-electron chi connectivity index (χ0n) is 11.6. The van der Waals surface area contributed by atoms with Gasteiger partial charge in [0.1, 0.15) is 0 Å². The Hall–Kier alpha value is -1.91. The lowest BCUT2D eigenvalue weighted by Crippen LogP contribution is -2.32. The van der Waals surface area contributed by atoms with Gasteiger partial charge in [-0.2, -0.15) is 0 Å². The van der Waals surface area contributed by atoms with E-state index in [4.69, 9.17) is 0 Å². The van der Waals surface area contributed by atoms with Gasteiger partial charge < -0.3 is 15.7 Å². The first kappa shape index (κ1) is 14.5. The monoisotopic (exact) mass is 272 g/mol. The first-order valence-corrected chi connectivity index (χ1v) is 6.79. The number of hydrogen-bond donors (Lipinski definition) is 3. The fourth-order valence-corrected chi connectivity index (χ4v) is 2.10. The minimum atomic E-state index is -0.545. The summed E-state index contributed by atoms with van der Waals surface area (Å²) in [5.41, 5.74) is 0.899. The molecule has 106 valence electrons. The predicted octanol–water partition coefficient (Wildman–Crippen LogP) is 1.60. The second-order valence-corrected chi connectivity index (χ2v) is 4.81. The van der Waals surface area contributed by atoms with Gasteiger partial charge in [-0.25, -0.2) is 0 Å². The highest BCUT2D eigenvalue weighted by Crippen LogP contribution is 2.19. The number of aliphatic hydroxyl groups is 1. The van der Waals surface area contributed by atoms with Crippen LogP contribution in [0.25, 0.3) is 10.8 Å². The average molecular weight is 272 g/mol. The number of carbonyl (C=O) groups is 1. The van der Waals surface area contributed by atoms with Crippen molar-refractivity contribution in [1.82, 2.24) is 10.6 Å². The lowest BCUT2D eigenvalue weighted by molar-refractivity contribution is -0.118. The van der Waals surface area contributed by atoms with Crippen LogP contribution in [-0.4, -0.2) is 30.6 Å². The minimum Gasteiger partial charge on any atom is -0.387 e. The van der Waals surface area contributed by atoms with E-state index in [0.717, 1.165) is 10.9 Å². The summed E-state index contributed by atoms with van der Waals surface area (Å²) in [5, 5.41) is 18.3. The third-order valence-corrected chi connectivity index (χ3v) is 3.17. The van der Waals surface area contributed by atoms with E-state index >= 15 is 0 Å². The molecule has 0 bridgehead atoms. The van der Waals surface area contributed by atoms with Crippen LogP contribution in [0.1, 0.15) is 18.6 Å². The smallest absolute Gasteiger partial charge is 0.216 e. The Labute approximate surface area is 118 Å². The molecule has 4 heteroatoms. The molecule has 0 saturated carbocycles. The fourth-order valence-electron chi connectivity index (χ4n) is 2.10. The van der Waals surface area contributed by atoms with Crippen LogP contribution in [0.5, 0.6) is 0 Å². The van der Waals surface area contributed by atoms with E-state index in [2.05, 4.69) is 16.7 Å². The molecule has 2 aromatic carbocycles. The molecule has 0 fully saturated rings. The molecule has 0 aromatic heterocycles. The normalized spacial score (nSPS) is 12.3. The molecule has 0 saturated heterocycles. The largest absolute Gasteiger partial charge is 0.387 e. The van der Waals surface area contributed by atoms with Gasteiger partial charge in [0.05, 0.1) is 6.10 Å². The molecule has 2 aromatic rings. The molecule has 2 rings (SSSR count). The average Bonchev–Trinajstić information content (AvgIpc) is 2.46. The van der Waals surface area contributed by atoms with Crippen LogP contribution in [0, 0.1) is 0 Å². The molecular weight excluding hydrogens is 252 g/mol. The van der Waals surface area contributed by atoms with E-state index in [1.54, 1.807) is 0 Å². The first-order chi connectivity index (χ1) is 9.66. The maximum atomic E-state index is 10.7. The molecule has 0 heterocycles. The molecule has 0 aliphatic heterocycles. The number of rotatable bonds is 6. The Balaban J connectivity index is 1.87. The molecule has 1 atom stereocenters. The quantitative estimate of drug-likeness (QED) is 0.700. The Morgan fingerprint density at radius 1 is 1.15 bits per heavy atom. The summed E-state index contributed by atoms with van der Waals surface area (Å²) in [6.45, 7) is 3.17. The predicted molar refractivity (Wildman–Crippen MR) is 80.5 cm³/mol. The second-order valence-electron chi connectivity index (χ2n) is 4.81. The molecule has 4 nitrogen and oxygen atoms in total. The Kier molecular flexibility index (Phi) is 5.09. The summed E-state index contributed by atoms with van der Waals surface area (Å²) in [6.07, 6.45) is -0.545. The van der Waals surface area contributed by atoms with Gasteiger partial charge in [0.25, 0.3) is 0 Å². The van der Waals surface area contributed by atoms with Crippen LogP contribution in [0.15, 0.2) is 42.5 Å². The Bertz CT molecular complexity index is 583. The number of fused-ring (bicyclic) bond motifs is 1. The van der Waals surface area contributed by atoms with Crippen molar-refractivity contribution in [2.24, 2.45) is 0 Å². The van der Waals surface area contributed by atoms with Crippen molar-refractivity contribution in [3.05, 3.63) is 48.0 Å². The zero-order valence-corrected chi connectivity index (χ0v) is 11.6. The van der Waals surface area contributed by atoms with Crippen molar-refractivity contribution >= 4 is 16.7 Å². The highest BCUT2D eigenvalue weighted by molar-refractivity contribution is 5.83. The zero-order chi connectivity index (χ0) is 14.4. The lowest BCUT2D eigenvalue weighted by atomic mass is 10.0. The van der Waals surface area contributed by atoms with Crippen molar-refractivity contribution < 1.29 is 9.90 Å². The molecular formula is C16H20N2O2. The van der Waals surface area contributed by atoms with E-state index < -0.39 is 6.10 Å². The van der Waals surface area contributed by atoms with E-state index in [1.807, 2.05) is 36.4 Å². The van der Waals surface area contributed by atoms with Gasteiger partial charge in [-0.1, -0.05) is 36.4 Å². The van der Waals surface area contributed by atoms with Gasteiger partial charge in [0, 0.05) is 26.6 Å². The third kappa shape index (κ3) is 4.05. The maximum Gasteiger partial charge on any atom is 0.216 e. The number of amides is 1. The minimum absolute atomic E-state index is 0.0399. The molecule has 0 aliphatic carbocycles. The second kappa shape index (κ2) is 7.03. The van der Waals surface area contributed by atoms with Crippen molar-refractivity contribution in [1.29, 1.82) is 0 Å². The SMILES string of the molecule is CC(=O)NCCNCC(O)c1ccc2ccccc2c1. The number of nitrogens with one attached hydrogen (secondary N) is 2. The molecule has 20 heavy (non-hydrogen) atoms. The van der Waals surface area contributed by atoms with Crippen molar-refractivity contribution in [2.75, 3.05) is 19.6 Å². The summed E-state index contributed by atoms with van der Waals surface area (Å²) in [4.78, 5) is 10.7. The van der Waals surface area contributed by atoms with Gasteiger partial charge in [-0.05, 0) is 22.4 Å². The van der Waals surface area contributed by atoms with Crippen molar-refractivity contribution in [3.63, 3.8) is 0 Å². The van der Waals surface area contributed by atoms with Gasteiger partial charge in [-0.3, -0.25) is 4.79 Å². The molecule has 3 N–H and O–H groups in total. The summed E-state index contributed by atoms with van der Waals surface area (Å²) in [5.74, 6) is -0.0399. The third-order valence-electron chi connectivity index (χ3n) is 3.17. The van der Waals surface area contributed by atoms with Gasteiger partial charge in [-0.15, -0.1) is 0 Å². The first-order valence-electron chi connectivity index (χ1n) is 6.79. The van der Waals surface area contributed by atoms with Crippen LogP contribution in [0.4, 0.5) is 0 Å². The maximum absolute atomic E-state index is 10.7. The van der Waals surface area contributed by atoms with E-state index in [-0.39, 0.29) is 5.91 Å². The van der Waals surface area contributed by atoms with Crippen LogP contribution in [0.2, 0.25) is 0 Å². The van der Waals surface area contributed by atoms with Gasteiger partial charge in [0.15, 0.2) is 0 Å². The molecule has 0 radical (unpaired) electrons.